The molecule has 3 heterocycles. The number of aromatic amines is 1. The minimum Gasteiger partial charge on any atom is -0.380 e. The molecule has 33 heavy (non-hydrogen) atoms. The highest BCUT2D eigenvalue weighted by Gasteiger charge is 2.47. The van der Waals surface area contributed by atoms with Crippen LogP contribution in [0.5, 0.6) is 0 Å². The molecule has 1 fully saturated rings. The first-order valence-electron chi connectivity index (χ1n) is 11.0. The summed E-state index contributed by atoms with van der Waals surface area (Å²) in [6.07, 6.45) is 0.382. The Hall–Kier alpha value is -3.49. The largest absolute Gasteiger partial charge is 0.380 e. The van der Waals surface area contributed by atoms with Crippen LogP contribution in [0, 0.1) is 0 Å². The van der Waals surface area contributed by atoms with Crippen LogP contribution in [0.1, 0.15) is 19.4 Å². The van der Waals surface area contributed by atoms with E-state index in [0.29, 0.717) is 19.0 Å². The van der Waals surface area contributed by atoms with Crippen LogP contribution in [0.4, 0.5) is 0 Å². The molecule has 2 aromatic carbocycles. The van der Waals surface area contributed by atoms with Gasteiger partial charge in [-0.3, -0.25) is 19.5 Å². The van der Waals surface area contributed by atoms with E-state index >= 15 is 0 Å². The summed E-state index contributed by atoms with van der Waals surface area (Å²) in [5.74, 6) is -0.638. The third kappa shape index (κ3) is 3.81. The van der Waals surface area contributed by atoms with Crippen molar-refractivity contribution in [3.05, 3.63) is 60.3 Å². The maximum Gasteiger partial charge on any atom is 0.259 e. The summed E-state index contributed by atoms with van der Waals surface area (Å²) in [5, 5.41) is 14.5. The number of aliphatic hydroxyl groups excluding tert-OH is 1. The predicted octanol–water partition coefficient (Wildman–Crippen LogP) is 2.23. The number of carbonyl (C=O) groups is 2. The molecular weight excluding hydrogens is 420 g/mol. The number of carbonyl (C=O) groups excluding carboxylic acids is 2. The molecule has 0 aliphatic carbocycles. The van der Waals surface area contributed by atoms with Gasteiger partial charge in [-0.05, 0) is 54.1 Å². The van der Waals surface area contributed by atoms with E-state index in [4.69, 9.17) is 4.74 Å². The van der Waals surface area contributed by atoms with E-state index in [0.717, 1.165) is 27.6 Å². The number of ether oxygens (including phenoxy) is 1. The zero-order chi connectivity index (χ0) is 23.2. The van der Waals surface area contributed by atoms with Crippen molar-refractivity contribution in [2.75, 3.05) is 13.2 Å². The summed E-state index contributed by atoms with van der Waals surface area (Å²) >= 11 is 0. The van der Waals surface area contributed by atoms with Crippen LogP contribution in [0.2, 0.25) is 0 Å². The number of H-pyrrole nitrogens is 1. The van der Waals surface area contributed by atoms with Crippen LogP contribution in [0.3, 0.4) is 0 Å². The van der Waals surface area contributed by atoms with E-state index in [1.807, 2.05) is 48.7 Å². The summed E-state index contributed by atoms with van der Waals surface area (Å²) < 4.78 is 5.72. The molecule has 2 amide bonds. The molecule has 8 heteroatoms. The highest BCUT2D eigenvalue weighted by Crippen LogP contribution is 2.28. The zero-order valence-electron chi connectivity index (χ0n) is 18.5. The molecule has 2 aliphatic rings. The Morgan fingerprint density at radius 1 is 1.27 bits per heavy atom. The van der Waals surface area contributed by atoms with Crippen LogP contribution < -0.4 is 5.32 Å². The Balaban J connectivity index is 1.38. The van der Waals surface area contributed by atoms with Crippen LogP contribution in [0.15, 0.2) is 59.7 Å². The number of amides is 2. The smallest absolute Gasteiger partial charge is 0.259 e. The molecular formula is C25H26N4O4. The molecule has 5 rings (SSSR count). The summed E-state index contributed by atoms with van der Waals surface area (Å²) in [4.78, 5) is 34.8. The van der Waals surface area contributed by atoms with Crippen molar-refractivity contribution in [1.29, 1.82) is 0 Å². The lowest BCUT2D eigenvalue weighted by molar-refractivity contribution is -0.146. The molecule has 8 nitrogen and oxygen atoms in total. The molecule has 3 aromatic rings. The summed E-state index contributed by atoms with van der Waals surface area (Å²) in [5.41, 5.74) is 3.21. The van der Waals surface area contributed by atoms with Crippen molar-refractivity contribution in [3.63, 3.8) is 0 Å². The fraction of sp³-hybridized carbons (Fsp3) is 0.320. The number of aromatic nitrogens is 1. The first kappa shape index (κ1) is 21.4. The van der Waals surface area contributed by atoms with Crippen molar-refractivity contribution >= 4 is 28.6 Å². The maximum atomic E-state index is 13.0. The van der Waals surface area contributed by atoms with Gasteiger partial charge in [0.15, 0.2) is 12.1 Å². The lowest BCUT2D eigenvalue weighted by Gasteiger charge is -2.43. The molecule has 2 aliphatic heterocycles. The normalized spacial score (nSPS) is 22.1. The third-order valence-corrected chi connectivity index (χ3v) is 6.25. The number of morpholine rings is 1. The molecule has 1 aromatic heterocycles. The molecule has 2 unspecified atom stereocenters. The number of fused-ring (bicyclic) bond motifs is 2. The molecule has 0 saturated carbocycles. The van der Waals surface area contributed by atoms with Gasteiger partial charge in [-0.2, -0.15) is 0 Å². The van der Waals surface area contributed by atoms with E-state index in [9.17, 15) is 14.7 Å². The molecule has 3 N–H and O–H groups in total. The maximum absolute atomic E-state index is 13.0. The zero-order valence-corrected chi connectivity index (χ0v) is 18.5. The van der Waals surface area contributed by atoms with Crippen LogP contribution in [-0.2, 0) is 20.9 Å². The second-order valence-electron chi connectivity index (χ2n) is 8.85. The summed E-state index contributed by atoms with van der Waals surface area (Å²) in [6, 6.07) is 14.8. The first-order chi connectivity index (χ1) is 15.8. The number of nitrogens with one attached hydrogen (secondary N) is 2. The molecule has 170 valence electrons. The quantitative estimate of drug-likeness (QED) is 0.571. The van der Waals surface area contributed by atoms with E-state index < -0.39 is 29.6 Å². The fourth-order valence-corrected chi connectivity index (χ4v) is 4.49. The minimum absolute atomic E-state index is 0.242. The Bertz CT molecular complexity index is 1260. The minimum atomic E-state index is -1.52. The summed E-state index contributed by atoms with van der Waals surface area (Å²) in [7, 11) is 0. The number of hydrogen-bond donors (Lipinski definition) is 3. The van der Waals surface area contributed by atoms with Gasteiger partial charge in [-0.1, -0.05) is 30.3 Å². The molecule has 0 spiro atoms. The number of benzene rings is 2. The number of hydrogen-bond acceptors (Lipinski definition) is 5. The second-order valence-corrected chi connectivity index (χ2v) is 8.85. The van der Waals surface area contributed by atoms with Crippen LogP contribution in [0.25, 0.3) is 22.0 Å². The Morgan fingerprint density at radius 3 is 2.94 bits per heavy atom. The highest BCUT2D eigenvalue weighted by molar-refractivity contribution is 6.09. The van der Waals surface area contributed by atoms with Crippen molar-refractivity contribution in [2.24, 2.45) is 4.99 Å². The van der Waals surface area contributed by atoms with E-state index in [2.05, 4.69) is 21.4 Å². The van der Waals surface area contributed by atoms with Gasteiger partial charge in [-0.25, -0.2) is 0 Å². The molecule has 0 bridgehead atoms. The number of rotatable bonds is 4. The Morgan fingerprint density at radius 2 is 2.09 bits per heavy atom. The third-order valence-electron chi connectivity index (χ3n) is 6.25. The second kappa shape index (κ2) is 8.13. The number of amidine groups is 1. The van der Waals surface area contributed by atoms with Gasteiger partial charge in [0, 0.05) is 18.3 Å². The van der Waals surface area contributed by atoms with E-state index in [-0.39, 0.29) is 6.54 Å². The van der Waals surface area contributed by atoms with Crippen LogP contribution >= 0.6 is 0 Å². The van der Waals surface area contributed by atoms with Gasteiger partial charge in [0.2, 0.25) is 5.91 Å². The number of aliphatic hydroxyl groups is 1. The lowest BCUT2D eigenvalue weighted by atomic mass is 9.97. The molecule has 1 saturated heterocycles. The average Bonchev–Trinajstić information content (AvgIpc) is 3.28. The Kier molecular flexibility index (Phi) is 5.26. The topological polar surface area (TPSA) is 107 Å². The van der Waals surface area contributed by atoms with Gasteiger partial charge < -0.3 is 20.1 Å². The SMILES string of the molecule is CC1(C)OCCN2C(=O)C(O)C(C(=O)NCc3ccccc3-c3ccc4[nH]ccc4c3)N=C21. The van der Waals surface area contributed by atoms with Crippen molar-refractivity contribution in [3.8, 4) is 11.1 Å². The fourth-order valence-electron chi connectivity index (χ4n) is 4.49. The first-order valence-corrected chi connectivity index (χ1v) is 11.0. The number of aliphatic imine (C=N–C) groups is 1. The van der Waals surface area contributed by atoms with Crippen molar-refractivity contribution in [1.82, 2.24) is 15.2 Å². The van der Waals surface area contributed by atoms with Gasteiger partial charge in [0.25, 0.3) is 5.91 Å². The Labute approximate surface area is 191 Å². The predicted molar refractivity (Wildman–Crippen MR) is 125 cm³/mol. The monoisotopic (exact) mass is 446 g/mol. The van der Waals surface area contributed by atoms with Gasteiger partial charge >= 0.3 is 0 Å². The lowest BCUT2D eigenvalue weighted by Crippen LogP contribution is -2.64. The van der Waals surface area contributed by atoms with Crippen molar-refractivity contribution < 1.29 is 19.4 Å². The standard InChI is InChI=1S/C25H26N4O4/c1-25(2)24-28-20(21(30)23(32)29(24)11-12-33-25)22(31)27-14-17-5-3-4-6-18(17)15-7-8-19-16(13-15)9-10-26-19/h3-10,13,20-21,26,30H,11-12,14H2,1-2H3,(H,27,31). The number of nitrogens with zero attached hydrogens (tertiary/aromatic N) is 2. The van der Waals surface area contributed by atoms with Crippen LogP contribution in [-0.4, -0.2) is 63.5 Å². The van der Waals surface area contributed by atoms with E-state index in [1.165, 1.54) is 4.90 Å². The molecule has 2 atom stereocenters. The van der Waals surface area contributed by atoms with Gasteiger partial charge in [0.05, 0.1) is 13.2 Å². The molecule has 0 radical (unpaired) electrons. The van der Waals surface area contributed by atoms with Gasteiger partial charge in [0.1, 0.15) is 11.4 Å². The van der Waals surface area contributed by atoms with Gasteiger partial charge in [-0.15, -0.1) is 0 Å². The van der Waals surface area contributed by atoms with E-state index in [1.54, 1.807) is 13.8 Å². The average molecular weight is 447 g/mol. The van der Waals surface area contributed by atoms with Crippen molar-refractivity contribution in [2.45, 2.75) is 38.1 Å². The summed E-state index contributed by atoms with van der Waals surface area (Å²) in [6.45, 7) is 4.51. The highest BCUT2D eigenvalue weighted by atomic mass is 16.5.